The van der Waals surface area contributed by atoms with Crippen molar-refractivity contribution in [1.82, 2.24) is 4.90 Å². The summed E-state index contributed by atoms with van der Waals surface area (Å²) >= 11 is 3.16. The number of hydrogen-bond acceptors (Lipinski definition) is 5. The van der Waals surface area contributed by atoms with E-state index in [-0.39, 0.29) is 12.5 Å². The lowest BCUT2D eigenvalue weighted by atomic mass is 10.0. The largest absolute Gasteiger partial charge is 0.396 e. The van der Waals surface area contributed by atoms with Gasteiger partial charge >= 0.3 is 0 Å². The highest BCUT2D eigenvalue weighted by Gasteiger charge is 2.31. The predicted molar refractivity (Wildman–Crippen MR) is 102 cm³/mol. The van der Waals surface area contributed by atoms with E-state index in [9.17, 15) is 9.90 Å². The maximum Gasteiger partial charge on any atom is 0.286 e. The molecule has 0 saturated carbocycles. The van der Waals surface area contributed by atoms with Gasteiger partial charge < -0.3 is 10.0 Å². The van der Waals surface area contributed by atoms with Gasteiger partial charge in [0.1, 0.15) is 0 Å². The maximum atomic E-state index is 12.3. The van der Waals surface area contributed by atoms with Crippen LogP contribution in [-0.2, 0) is 4.79 Å². The quantitative estimate of drug-likeness (QED) is 0.655. The molecule has 2 aliphatic rings. The second-order valence-electron chi connectivity index (χ2n) is 5.94. The molecule has 1 amide bonds. The molecule has 0 bridgehead atoms. The number of piperidine rings is 1. The molecule has 0 spiro atoms. The van der Waals surface area contributed by atoms with E-state index in [0.29, 0.717) is 10.9 Å². The zero-order chi connectivity index (χ0) is 16.9. The lowest BCUT2D eigenvalue weighted by Gasteiger charge is -2.36. The lowest BCUT2D eigenvalue weighted by molar-refractivity contribution is -0.113. The van der Waals surface area contributed by atoms with Gasteiger partial charge in [-0.25, -0.2) is 0 Å². The van der Waals surface area contributed by atoms with Gasteiger partial charge in [-0.3, -0.25) is 4.79 Å². The molecule has 2 aliphatic heterocycles. The Morgan fingerprint density at radius 2 is 2.17 bits per heavy atom. The molecule has 6 heteroatoms. The Bertz CT molecular complexity index is 653. The minimum Gasteiger partial charge on any atom is -0.396 e. The highest BCUT2D eigenvalue weighted by molar-refractivity contribution is 8.18. The number of aliphatic hydroxyl groups is 1. The minimum atomic E-state index is -0.155. The summed E-state index contributed by atoms with van der Waals surface area (Å²) in [6, 6.07) is 8.47. The molecule has 4 nitrogen and oxygen atoms in total. The number of aliphatic hydroxyl groups excluding tert-OH is 1. The van der Waals surface area contributed by atoms with Crippen LogP contribution >= 0.6 is 23.5 Å². The number of aliphatic imine (C=N–C) groups is 1. The maximum absolute atomic E-state index is 12.3. The van der Waals surface area contributed by atoms with Crippen molar-refractivity contribution in [3.63, 3.8) is 0 Å². The molecule has 1 aromatic rings. The lowest BCUT2D eigenvalue weighted by Crippen LogP contribution is -2.42. The molecular weight excluding hydrogens is 340 g/mol. The SMILES string of the molecule is CSc1ccc(C=C2SC(N3CCCCC3CCO)=NC2=O)cc1. The molecule has 1 atom stereocenters. The van der Waals surface area contributed by atoms with Gasteiger partial charge in [0.15, 0.2) is 5.17 Å². The normalized spacial score (nSPS) is 23.0. The van der Waals surface area contributed by atoms with Crippen LogP contribution in [0.25, 0.3) is 6.08 Å². The van der Waals surface area contributed by atoms with Gasteiger partial charge in [0, 0.05) is 24.1 Å². The van der Waals surface area contributed by atoms with Gasteiger partial charge in [0.25, 0.3) is 5.91 Å². The standard InChI is InChI=1S/C18H22N2O2S2/c1-23-15-7-5-13(6-8-15)12-16-17(22)19-18(24-16)20-10-3-2-4-14(20)9-11-21/h5-8,12,14,21H,2-4,9-11H2,1H3. The van der Waals surface area contributed by atoms with Crippen LogP contribution in [0.5, 0.6) is 0 Å². The van der Waals surface area contributed by atoms with Gasteiger partial charge in [-0.15, -0.1) is 11.8 Å². The Hall–Kier alpha value is -1.24. The zero-order valence-electron chi connectivity index (χ0n) is 13.8. The van der Waals surface area contributed by atoms with Crippen molar-refractivity contribution in [1.29, 1.82) is 0 Å². The van der Waals surface area contributed by atoms with Crippen molar-refractivity contribution < 1.29 is 9.90 Å². The molecule has 2 heterocycles. The van der Waals surface area contributed by atoms with Crippen LogP contribution in [-0.4, -0.2) is 46.5 Å². The number of likely N-dealkylation sites (tertiary alicyclic amines) is 1. The summed E-state index contributed by atoms with van der Waals surface area (Å²) in [5.74, 6) is -0.155. The fraction of sp³-hybridized carbons (Fsp3) is 0.444. The number of hydrogen-bond donors (Lipinski definition) is 1. The van der Waals surface area contributed by atoms with Crippen molar-refractivity contribution in [2.75, 3.05) is 19.4 Å². The van der Waals surface area contributed by atoms with Crippen LogP contribution in [0.4, 0.5) is 0 Å². The first-order valence-corrected chi connectivity index (χ1v) is 10.3. The van der Waals surface area contributed by atoms with E-state index in [4.69, 9.17) is 0 Å². The van der Waals surface area contributed by atoms with E-state index in [2.05, 4.69) is 22.0 Å². The molecular formula is C18H22N2O2S2. The average Bonchev–Trinajstić information content (AvgIpc) is 2.97. The van der Waals surface area contributed by atoms with E-state index in [1.54, 1.807) is 11.8 Å². The third kappa shape index (κ3) is 4.05. The van der Waals surface area contributed by atoms with Gasteiger partial charge in [0.2, 0.25) is 0 Å². The van der Waals surface area contributed by atoms with Crippen molar-refractivity contribution in [3.8, 4) is 0 Å². The van der Waals surface area contributed by atoms with E-state index >= 15 is 0 Å². The van der Waals surface area contributed by atoms with Crippen LogP contribution in [0, 0.1) is 0 Å². The average molecular weight is 363 g/mol. The molecule has 1 N–H and O–H groups in total. The van der Waals surface area contributed by atoms with Gasteiger partial charge in [-0.1, -0.05) is 12.1 Å². The zero-order valence-corrected chi connectivity index (χ0v) is 15.4. The van der Waals surface area contributed by atoms with Crippen molar-refractivity contribution >= 4 is 40.7 Å². The fourth-order valence-corrected chi connectivity index (χ4v) is 4.49. The summed E-state index contributed by atoms with van der Waals surface area (Å²) in [4.78, 5) is 20.6. The Balaban J connectivity index is 1.73. The third-order valence-electron chi connectivity index (χ3n) is 4.36. The van der Waals surface area contributed by atoms with E-state index in [1.807, 2.05) is 24.5 Å². The first-order chi connectivity index (χ1) is 11.7. The number of carbonyl (C=O) groups is 1. The van der Waals surface area contributed by atoms with Crippen LogP contribution in [0.1, 0.15) is 31.2 Å². The number of amidine groups is 1. The summed E-state index contributed by atoms with van der Waals surface area (Å²) in [5.41, 5.74) is 1.02. The fourth-order valence-electron chi connectivity index (χ4n) is 3.07. The Labute approximate surface area is 151 Å². The van der Waals surface area contributed by atoms with Gasteiger partial charge in [0.05, 0.1) is 4.91 Å². The smallest absolute Gasteiger partial charge is 0.286 e. The summed E-state index contributed by atoms with van der Waals surface area (Å²) in [7, 11) is 0. The summed E-state index contributed by atoms with van der Waals surface area (Å²) in [6.07, 6.45) is 8.05. The van der Waals surface area contributed by atoms with Gasteiger partial charge in [-0.05, 0) is 67.5 Å². The number of benzene rings is 1. The molecule has 1 aromatic carbocycles. The highest BCUT2D eigenvalue weighted by atomic mass is 32.2. The van der Waals surface area contributed by atoms with Crippen LogP contribution in [0.2, 0.25) is 0 Å². The first kappa shape index (κ1) is 17.6. The Morgan fingerprint density at radius 3 is 2.88 bits per heavy atom. The molecule has 0 aliphatic carbocycles. The van der Waals surface area contributed by atoms with Crippen LogP contribution < -0.4 is 0 Å². The molecule has 0 radical (unpaired) electrons. The highest BCUT2D eigenvalue weighted by Crippen LogP contribution is 2.33. The molecule has 3 rings (SSSR count). The number of carbonyl (C=O) groups excluding carboxylic acids is 1. The number of amides is 1. The van der Waals surface area contributed by atoms with Crippen LogP contribution in [0.15, 0.2) is 39.1 Å². The van der Waals surface area contributed by atoms with E-state index < -0.39 is 0 Å². The van der Waals surface area contributed by atoms with Crippen LogP contribution in [0.3, 0.4) is 0 Å². The molecule has 1 fully saturated rings. The Morgan fingerprint density at radius 1 is 1.38 bits per heavy atom. The van der Waals surface area contributed by atoms with Crippen molar-refractivity contribution in [3.05, 3.63) is 34.7 Å². The second-order valence-corrected chi connectivity index (χ2v) is 7.83. The molecule has 0 aromatic heterocycles. The van der Waals surface area contributed by atoms with Crippen molar-refractivity contribution in [2.45, 2.75) is 36.6 Å². The topological polar surface area (TPSA) is 52.9 Å². The molecule has 1 saturated heterocycles. The second kappa shape index (κ2) is 8.23. The monoisotopic (exact) mass is 362 g/mol. The number of thioether (sulfide) groups is 2. The predicted octanol–water partition coefficient (Wildman–Crippen LogP) is 3.62. The number of rotatable bonds is 4. The van der Waals surface area contributed by atoms with Crippen molar-refractivity contribution in [2.24, 2.45) is 4.99 Å². The third-order valence-corrected chi connectivity index (χ3v) is 6.12. The Kier molecular flexibility index (Phi) is 6.03. The molecule has 24 heavy (non-hydrogen) atoms. The molecule has 128 valence electrons. The minimum absolute atomic E-state index is 0.155. The summed E-state index contributed by atoms with van der Waals surface area (Å²) < 4.78 is 0. The summed E-state index contributed by atoms with van der Waals surface area (Å²) in [6.45, 7) is 1.09. The van der Waals surface area contributed by atoms with E-state index in [0.717, 1.165) is 36.5 Å². The van der Waals surface area contributed by atoms with E-state index in [1.165, 1.54) is 23.1 Å². The number of nitrogens with zero attached hydrogens (tertiary/aromatic N) is 2. The first-order valence-electron chi connectivity index (χ1n) is 8.25. The van der Waals surface area contributed by atoms with Gasteiger partial charge in [-0.2, -0.15) is 4.99 Å². The summed E-state index contributed by atoms with van der Waals surface area (Å²) in [5, 5.41) is 10.1. The molecule has 1 unspecified atom stereocenters.